The Balaban J connectivity index is 1.12. The van der Waals surface area contributed by atoms with E-state index in [0.29, 0.717) is 11.1 Å². The van der Waals surface area contributed by atoms with Gasteiger partial charge in [0.05, 0.1) is 21.7 Å². The Morgan fingerprint density at radius 2 is 0.844 bits per heavy atom. The smallest absolute Gasteiger partial charge is 0.263 e. The van der Waals surface area contributed by atoms with Crippen LogP contribution in [0, 0.1) is 5.41 Å². The largest absolute Gasteiger partial charge is 0.280 e. The monoisotopic (exact) mass is 1100 g/mol. The zero-order chi connectivity index (χ0) is 54.1. The summed E-state index contributed by atoms with van der Waals surface area (Å²) < 4.78 is 3.00. The van der Waals surface area contributed by atoms with Gasteiger partial charge in [0.2, 0.25) is 0 Å². The van der Waals surface area contributed by atoms with E-state index in [2.05, 4.69) is 91.0 Å². The molecule has 0 aliphatic carbocycles. The van der Waals surface area contributed by atoms with Gasteiger partial charge in [-0.05, 0) is 109 Å². The van der Waals surface area contributed by atoms with Crippen LogP contribution in [0.3, 0.4) is 0 Å². The third-order valence-electron chi connectivity index (χ3n) is 16.4. The van der Waals surface area contributed by atoms with Gasteiger partial charge in [0.1, 0.15) is 0 Å². The first-order chi connectivity index (χ1) is 37.4. The standard InChI is InChI=1S/C69H86N2O2S4/c1-9-12-14-16-18-20-22-24-26-34-40-50-61(76-64-51(41-35-27-25-23-21-19-17-15-13-10-2)62(77-63(50)64)58-44-45-59(75-58)68(4,5)6)57-43-42-56(74-57)60-52-46-55-53(47-54(52)66(72)70(60)48-36-30-28-31-37-48)65(69(7,8)11-3)71(67(55)73)49-38-32-29-33-39-49/h28-33,36-39,42-47H,9-27,34-35,40-41H2,1-8H3. The van der Waals surface area contributed by atoms with Crippen molar-refractivity contribution in [1.29, 1.82) is 0 Å². The molecule has 2 amide bonds. The lowest BCUT2D eigenvalue weighted by atomic mass is 9.84. The predicted molar refractivity (Wildman–Crippen MR) is 338 cm³/mol. The van der Waals surface area contributed by atoms with Crippen molar-refractivity contribution in [2.75, 3.05) is 9.80 Å². The Bertz CT molecular complexity index is 3230. The van der Waals surface area contributed by atoms with Crippen molar-refractivity contribution in [2.45, 2.75) is 208 Å². The van der Waals surface area contributed by atoms with Crippen molar-refractivity contribution < 1.29 is 9.59 Å². The van der Waals surface area contributed by atoms with Gasteiger partial charge in [-0.15, -0.1) is 45.3 Å². The molecule has 0 bridgehead atoms. The number of hydrogen-bond donors (Lipinski definition) is 0. The molecule has 4 nitrogen and oxygen atoms in total. The second-order valence-electron chi connectivity index (χ2n) is 23.7. The minimum atomic E-state index is -0.325. The average molecular weight is 1100 g/mol. The number of hydrogen-bond acceptors (Lipinski definition) is 6. The number of carbonyl (C=O) groups is 2. The van der Waals surface area contributed by atoms with Gasteiger partial charge in [-0.2, -0.15) is 0 Å². The number of amides is 2. The first-order valence-electron chi connectivity index (χ1n) is 29.9. The lowest BCUT2D eigenvalue weighted by Gasteiger charge is -2.32. The summed E-state index contributed by atoms with van der Waals surface area (Å²) in [6.07, 6.45) is 29.6. The highest BCUT2D eigenvalue weighted by atomic mass is 32.1. The van der Waals surface area contributed by atoms with Crippen molar-refractivity contribution in [3.05, 3.63) is 140 Å². The van der Waals surface area contributed by atoms with Gasteiger partial charge in [0, 0.05) is 66.7 Å². The fourth-order valence-electron chi connectivity index (χ4n) is 11.7. The maximum Gasteiger partial charge on any atom is 0.263 e. The number of carbonyl (C=O) groups excluding carboxylic acids is 2. The molecule has 0 spiro atoms. The first-order valence-corrected chi connectivity index (χ1v) is 33.1. The second-order valence-corrected chi connectivity index (χ2v) is 28.0. The molecule has 0 saturated carbocycles. The Labute approximate surface area is 478 Å². The molecule has 4 aromatic heterocycles. The Kier molecular flexibility index (Phi) is 19.4. The van der Waals surface area contributed by atoms with E-state index < -0.39 is 0 Å². The van der Waals surface area contributed by atoms with Crippen LogP contribution in [0.15, 0.2) is 97.1 Å². The summed E-state index contributed by atoms with van der Waals surface area (Å²) in [6, 6.07) is 33.6. The molecule has 0 unspecified atom stereocenters. The van der Waals surface area contributed by atoms with Crippen molar-refractivity contribution in [3.63, 3.8) is 0 Å². The van der Waals surface area contributed by atoms with Crippen LogP contribution < -0.4 is 20.2 Å². The number of nitrogens with zero attached hydrogens (tertiary/aromatic N) is 2. The summed E-state index contributed by atoms with van der Waals surface area (Å²) in [5.41, 5.74) is 7.68. The molecule has 0 N–H and O–H groups in total. The summed E-state index contributed by atoms with van der Waals surface area (Å²) in [7, 11) is 0. The summed E-state index contributed by atoms with van der Waals surface area (Å²) in [4.78, 5) is 42.0. The van der Waals surface area contributed by atoms with E-state index in [9.17, 15) is 4.79 Å². The zero-order valence-corrected chi connectivity index (χ0v) is 51.1. The normalized spacial score (nSPS) is 13.8. The lowest BCUT2D eigenvalue weighted by molar-refractivity contribution is 0.0992. The van der Waals surface area contributed by atoms with Crippen LogP contribution in [0.5, 0.6) is 0 Å². The quantitative estimate of drug-likeness (QED) is 0.0439. The van der Waals surface area contributed by atoms with Gasteiger partial charge < -0.3 is 0 Å². The molecule has 8 heteroatoms. The minimum Gasteiger partial charge on any atom is -0.280 e. The van der Waals surface area contributed by atoms with Gasteiger partial charge in [-0.1, -0.05) is 207 Å². The van der Waals surface area contributed by atoms with Crippen LogP contribution in [-0.4, -0.2) is 11.8 Å². The second kappa shape index (κ2) is 26.1. The van der Waals surface area contributed by atoms with Gasteiger partial charge >= 0.3 is 0 Å². The number of anilines is 2. The van der Waals surface area contributed by atoms with E-state index in [-0.39, 0.29) is 22.6 Å². The molecule has 3 aromatic carbocycles. The Morgan fingerprint density at radius 1 is 0.429 bits per heavy atom. The summed E-state index contributed by atoms with van der Waals surface area (Å²) in [5, 5.41) is 1.69. The molecule has 0 radical (unpaired) electrons. The number of benzene rings is 3. The van der Waals surface area contributed by atoms with E-state index in [1.165, 1.54) is 168 Å². The highest BCUT2D eigenvalue weighted by molar-refractivity contribution is 7.34. The Morgan fingerprint density at radius 3 is 1.32 bits per heavy atom. The van der Waals surface area contributed by atoms with E-state index in [0.717, 1.165) is 57.3 Å². The van der Waals surface area contributed by atoms with Gasteiger partial charge in [-0.25, -0.2) is 0 Å². The number of unbranched alkanes of at least 4 members (excludes halogenated alkanes) is 18. The third kappa shape index (κ3) is 12.7. The topological polar surface area (TPSA) is 40.6 Å². The van der Waals surface area contributed by atoms with Crippen LogP contribution >= 0.6 is 45.3 Å². The SMILES string of the molecule is CCCCCCCCCCCCc1c(-c2ccc(C3=c4cc5c(cc4C(=O)N3c3ccccc3)=C(C(C)(C)CC)N(c3ccccc3)C5=O)s2)sc2c(CCCCCCCCCCCC)c(-c3ccc(C(C)(C)C)s3)sc12. The zero-order valence-electron chi connectivity index (χ0n) is 47.8. The van der Waals surface area contributed by atoms with Gasteiger partial charge in [-0.3, -0.25) is 19.4 Å². The van der Waals surface area contributed by atoms with Crippen LogP contribution in [-0.2, 0) is 18.3 Å². The highest BCUT2D eigenvalue weighted by Crippen LogP contribution is 2.53. The van der Waals surface area contributed by atoms with Crippen LogP contribution in [0.2, 0.25) is 0 Å². The molecular weight excluding hydrogens is 1020 g/mol. The molecule has 9 rings (SSSR count). The molecule has 408 valence electrons. The van der Waals surface area contributed by atoms with E-state index >= 15 is 4.79 Å². The van der Waals surface area contributed by atoms with Gasteiger partial charge in [0.25, 0.3) is 11.8 Å². The van der Waals surface area contributed by atoms with Crippen molar-refractivity contribution in [2.24, 2.45) is 5.41 Å². The number of rotatable bonds is 29. The average Bonchev–Trinajstić information content (AvgIpc) is 4.34. The molecule has 0 atom stereocenters. The number of thiophene rings is 4. The highest BCUT2D eigenvalue weighted by Gasteiger charge is 2.41. The molecule has 77 heavy (non-hydrogen) atoms. The van der Waals surface area contributed by atoms with Crippen LogP contribution in [0.1, 0.15) is 232 Å². The number of para-hydroxylation sites is 2. The predicted octanol–water partition coefficient (Wildman–Crippen LogP) is 20.7. The third-order valence-corrected chi connectivity index (χ3v) is 22.1. The molecular formula is C69H86N2O2S4. The molecule has 7 aromatic rings. The van der Waals surface area contributed by atoms with Crippen molar-refractivity contribution in [3.8, 4) is 19.5 Å². The maximum atomic E-state index is 15.2. The summed E-state index contributed by atoms with van der Waals surface area (Å²) in [6.45, 7) is 18.2. The van der Waals surface area contributed by atoms with Crippen LogP contribution in [0.25, 0.3) is 40.3 Å². The lowest BCUT2D eigenvalue weighted by Crippen LogP contribution is -2.32. The van der Waals surface area contributed by atoms with Gasteiger partial charge in [0.15, 0.2) is 0 Å². The van der Waals surface area contributed by atoms with Crippen molar-refractivity contribution in [1.82, 2.24) is 0 Å². The number of fused-ring (bicyclic) bond motifs is 3. The molecule has 0 saturated heterocycles. The molecule has 2 aliphatic rings. The van der Waals surface area contributed by atoms with E-state index in [4.69, 9.17) is 0 Å². The maximum absolute atomic E-state index is 15.2. The minimum absolute atomic E-state index is 0.0391. The Hall–Kier alpha value is -4.60. The summed E-state index contributed by atoms with van der Waals surface area (Å²) >= 11 is 7.92. The first kappa shape index (κ1) is 57.1. The number of aryl methyl sites for hydroxylation is 2. The van der Waals surface area contributed by atoms with E-state index in [1.807, 2.05) is 117 Å². The fraction of sp³-hybridized carbons (Fsp3) is 0.478. The van der Waals surface area contributed by atoms with Crippen LogP contribution in [0.4, 0.5) is 11.4 Å². The molecule has 6 heterocycles. The summed E-state index contributed by atoms with van der Waals surface area (Å²) in [5.74, 6) is -0.0911. The molecule has 2 aliphatic heterocycles. The van der Waals surface area contributed by atoms with E-state index in [1.54, 1.807) is 5.56 Å². The fourth-order valence-corrected chi connectivity index (χ4v) is 17.1. The molecule has 0 fully saturated rings. The van der Waals surface area contributed by atoms with Crippen molar-refractivity contribution >= 4 is 89.3 Å².